The van der Waals surface area contributed by atoms with Crippen LogP contribution in [-0.4, -0.2) is 30.1 Å². The standard InChI is InChI=1S/C15H15FN2O2S/c16-10-4-5-12-13(6-10)21-15(17-12)18-7-11(8-18)20-14(19)9-2-1-3-9/h4-6,9,11H,1-3,7-8H2. The van der Waals surface area contributed by atoms with Crippen molar-refractivity contribution < 1.29 is 13.9 Å². The maximum absolute atomic E-state index is 13.2. The smallest absolute Gasteiger partial charge is 0.309 e. The number of hydrogen-bond donors (Lipinski definition) is 0. The van der Waals surface area contributed by atoms with Crippen molar-refractivity contribution in [3.63, 3.8) is 0 Å². The average molecular weight is 306 g/mol. The van der Waals surface area contributed by atoms with E-state index in [1.807, 2.05) is 0 Å². The summed E-state index contributed by atoms with van der Waals surface area (Å²) in [5, 5.41) is 0.867. The minimum absolute atomic E-state index is 0.0261. The molecule has 0 atom stereocenters. The van der Waals surface area contributed by atoms with Crippen LogP contribution >= 0.6 is 11.3 Å². The van der Waals surface area contributed by atoms with Crippen molar-refractivity contribution in [2.75, 3.05) is 18.0 Å². The van der Waals surface area contributed by atoms with Crippen LogP contribution in [0, 0.1) is 11.7 Å². The Morgan fingerprint density at radius 3 is 2.90 bits per heavy atom. The van der Waals surface area contributed by atoms with Gasteiger partial charge in [0.05, 0.1) is 29.2 Å². The number of aromatic nitrogens is 1. The molecule has 21 heavy (non-hydrogen) atoms. The molecule has 1 saturated carbocycles. The Labute approximate surface area is 125 Å². The summed E-state index contributed by atoms with van der Waals surface area (Å²) in [5.74, 6) is -0.157. The number of carbonyl (C=O) groups excluding carboxylic acids is 1. The van der Waals surface area contributed by atoms with E-state index in [-0.39, 0.29) is 23.8 Å². The Hall–Kier alpha value is -1.69. The maximum Gasteiger partial charge on any atom is 0.309 e. The molecule has 110 valence electrons. The van der Waals surface area contributed by atoms with Crippen molar-refractivity contribution in [1.29, 1.82) is 0 Å². The Morgan fingerprint density at radius 2 is 2.19 bits per heavy atom. The highest BCUT2D eigenvalue weighted by atomic mass is 32.1. The van der Waals surface area contributed by atoms with Gasteiger partial charge in [-0.15, -0.1) is 0 Å². The highest BCUT2D eigenvalue weighted by Gasteiger charge is 2.35. The number of esters is 1. The van der Waals surface area contributed by atoms with Crippen LogP contribution in [0.15, 0.2) is 18.2 Å². The van der Waals surface area contributed by atoms with E-state index in [9.17, 15) is 9.18 Å². The quantitative estimate of drug-likeness (QED) is 0.818. The van der Waals surface area contributed by atoms with Gasteiger partial charge in [-0.1, -0.05) is 17.8 Å². The lowest BCUT2D eigenvalue weighted by Crippen LogP contribution is -2.53. The van der Waals surface area contributed by atoms with Gasteiger partial charge < -0.3 is 9.64 Å². The van der Waals surface area contributed by atoms with Gasteiger partial charge in [0.15, 0.2) is 5.13 Å². The van der Waals surface area contributed by atoms with Crippen molar-refractivity contribution in [2.24, 2.45) is 5.92 Å². The van der Waals surface area contributed by atoms with Gasteiger partial charge in [0.2, 0.25) is 0 Å². The van der Waals surface area contributed by atoms with Gasteiger partial charge in [0.1, 0.15) is 11.9 Å². The molecule has 2 fully saturated rings. The highest BCUT2D eigenvalue weighted by Crippen LogP contribution is 2.33. The zero-order chi connectivity index (χ0) is 14.4. The van der Waals surface area contributed by atoms with Crippen molar-refractivity contribution in [3.8, 4) is 0 Å². The number of anilines is 1. The fourth-order valence-electron chi connectivity index (χ4n) is 2.59. The maximum atomic E-state index is 13.2. The monoisotopic (exact) mass is 306 g/mol. The van der Waals surface area contributed by atoms with Crippen LogP contribution in [0.2, 0.25) is 0 Å². The van der Waals surface area contributed by atoms with E-state index >= 15 is 0 Å². The molecule has 0 spiro atoms. The summed E-state index contributed by atoms with van der Waals surface area (Å²) < 4.78 is 19.5. The van der Waals surface area contributed by atoms with Gasteiger partial charge in [-0.25, -0.2) is 9.37 Å². The molecular weight excluding hydrogens is 291 g/mol. The molecule has 0 unspecified atom stereocenters. The third kappa shape index (κ3) is 2.37. The molecule has 1 aromatic heterocycles. The summed E-state index contributed by atoms with van der Waals surface area (Å²) >= 11 is 1.47. The number of rotatable bonds is 3. The van der Waals surface area contributed by atoms with E-state index in [0.717, 1.165) is 34.6 Å². The van der Waals surface area contributed by atoms with Crippen LogP contribution < -0.4 is 4.90 Å². The molecule has 1 aliphatic carbocycles. The lowest BCUT2D eigenvalue weighted by Gasteiger charge is -2.39. The third-order valence-electron chi connectivity index (χ3n) is 4.18. The fourth-order valence-corrected chi connectivity index (χ4v) is 3.60. The average Bonchev–Trinajstić information content (AvgIpc) is 2.73. The van der Waals surface area contributed by atoms with E-state index in [1.54, 1.807) is 6.07 Å². The molecule has 4 rings (SSSR count). The second kappa shape index (κ2) is 4.94. The van der Waals surface area contributed by atoms with E-state index in [0.29, 0.717) is 13.1 Å². The van der Waals surface area contributed by atoms with Gasteiger partial charge >= 0.3 is 5.97 Å². The van der Waals surface area contributed by atoms with Crippen molar-refractivity contribution in [2.45, 2.75) is 25.4 Å². The lowest BCUT2D eigenvalue weighted by atomic mass is 9.85. The molecule has 1 saturated heterocycles. The first-order valence-corrected chi connectivity index (χ1v) is 8.02. The summed E-state index contributed by atoms with van der Waals surface area (Å²) in [6.45, 7) is 1.36. The van der Waals surface area contributed by atoms with Crippen molar-refractivity contribution in [1.82, 2.24) is 4.98 Å². The van der Waals surface area contributed by atoms with Crippen molar-refractivity contribution >= 4 is 32.7 Å². The van der Waals surface area contributed by atoms with Gasteiger partial charge in [-0.3, -0.25) is 4.79 Å². The molecule has 1 aromatic carbocycles. The molecule has 0 bridgehead atoms. The third-order valence-corrected chi connectivity index (χ3v) is 5.26. The van der Waals surface area contributed by atoms with Gasteiger partial charge in [-0.2, -0.15) is 0 Å². The van der Waals surface area contributed by atoms with Crippen LogP contribution in [-0.2, 0) is 9.53 Å². The Morgan fingerprint density at radius 1 is 1.38 bits per heavy atom. The van der Waals surface area contributed by atoms with E-state index in [4.69, 9.17) is 4.74 Å². The molecule has 0 amide bonds. The van der Waals surface area contributed by atoms with Gasteiger partial charge in [0.25, 0.3) is 0 Å². The number of nitrogens with zero attached hydrogens (tertiary/aromatic N) is 2. The first-order chi connectivity index (χ1) is 10.2. The number of hydrogen-bond acceptors (Lipinski definition) is 5. The van der Waals surface area contributed by atoms with E-state index in [2.05, 4.69) is 9.88 Å². The topological polar surface area (TPSA) is 42.4 Å². The highest BCUT2D eigenvalue weighted by molar-refractivity contribution is 7.22. The molecule has 0 N–H and O–H groups in total. The number of carbonyl (C=O) groups is 1. The van der Waals surface area contributed by atoms with E-state index in [1.165, 1.54) is 23.5 Å². The zero-order valence-corrected chi connectivity index (χ0v) is 12.2. The van der Waals surface area contributed by atoms with Crippen LogP contribution in [0.1, 0.15) is 19.3 Å². The number of fused-ring (bicyclic) bond motifs is 1. The van der Waals surface area contributed by atoms with Crippen LogP contribution in [0.4, 0.5) is 9.52 Å². The van der Waals surface area contributed by atoms with Crippen LogP contribution in [0.25, 0.3) is 10.2 Å². The lowest BCUT2D eigenvalue weighted by molar-refractivity contribution is -0.158. The van der Waals surface area contributed by atoms with Gasteiger partial charge in [0, 0.05) is 0 Å². The number of ether oxygens (including phenoxy) is 1. The molecule has 2 aliphatic rings. The van der Waals surface area contributed by atoms with Crippen molar-refractivity contribution in [3.05, 3.63) is 24.0 Å². The summed E-state index contributed by atoms with van der Waals surface area (Å²) in [6.07, 6.45) is 3.05. The summed E-state index contributed by atoms with van der Waals surface area (Å²) in [6, 6.07) is 4.62. The number of benzene rings is 1. The summed E-state index contributed by atoms with van der Waals surface area (Å²) in [5.41, 5.74) is 0.811. The number of thiazole rings is 1. The zero-order valence-electron chi connectivity index (χ0n) is 11.4. The molecule has 4 nitrogen and oxygen atoms in total. The normalized spacial score (nSPS) is 19.4. The molecule has 2 aromatic rings. The predicted molar refractivity (Wildman–Crippen MR) is 79.0 cm³/mol. The summed E-state index contributed by atoms with van der Waals surface area (Å²) in [7, 11) is 0. The first-order valence-electron chi connectivity index (χ1n) is 7.20. The second-order valence-electron chi connectivity index (χ2n) is 5.70. The Kier molecular flexibility index (Phi) is 3.06. The van der Waals surface area contributed by atoms with Crippen LogP contribution in [0.5, 0.6) is 0 Å². The predicted octanol–water partition coefficient (Wildman–Crippen LogP) is 2.97. The van der Waals surface area contributed by atoms with E-state index < -0.39 is 0 Å². The largest absolute Gasteiger partial charge is 0.458 e. The van der Waals surface area contributed by atoms with Gasteiger partial charge in [-0.05, 0) is 31.0 Å². The number of halogens is 1. The molecule has 2 heterocycles. The molecule has 6 heteroatoms. The summed E-state index contributed by atoms with van der Waals surface area (Å²) in [4.78, 5) is 18.3. The minimum atomic E-state index is -0.242. The Balaban J connectivity index is 1.38. The Bertz CT molecular complexity index is 692. The molecule has 0 radical (unpaired) electrons. The fraction of sp³-hybridized carbons (Fsp3) is 0.467. The van der Waals surface area contributed by atoms with Crippen LogP contribution in [0.3, 0.4) is 0 Å². The molecular formula is C15H15FN2O2S. The SMILES string of the molecule is O=C(OC1CN(c2nc3ccc(F)cc3s2)C1)C1CCC1. The molecule has 1 aliphatic heterocycles. The second-order valence-corrected chi connectivity index (χ2v) is 6.71. The first kappa shape index (κ1) is 13.0. The minimum Gasteiger partial charge on any atom is -0.458 e.